The topological polar surface area (TPSA) is 54.4 Å². The molecule has 0 aromatic heterocycles. The van der Waals surface area contributed by atoms with Crippen molar-refractivity contribution in [2.45, 2.75) is 57.3 Å². The molecule has 0 heterocycles. The van der Waals surface area contributed by atoms with E-state index in [-0.39, 0.29) is 4.90 Å². The average molecular weight is 284 g/mol. The molecule has 1 atom stereocenters. The molecule has 0 aliphatic carbocycles. The van der Waals surface area contributed by atoms with E-state index in [4.69, 9.17) is 4.55 Å². The lowest BCUT2D eigenvalue weighted by molar-refractivity contribution is 0.442. The van der Waals surface area contributed by atoms with Crippen LogP contribution in [0.1, 0.15) is 51.5 Å². The highest BCUT2D eigenvalue weighted by Crippen LogP contribution is 2.20. The molecule has 0 aliphatic heterocycles. The van der Waals surface area contributed by atoms with Gasteiger partial charge < -0.3 is 0 Å². The van der Waals surface area contributed by atoms with E-state index in [1.807, 2.05) is 0 Å². The summed E-state index contributed by atoms with van der Waals surface area (Å²) in [4.78, 5) is -0.0321. The number of rotatable bonds is 8. The van der Waals surface area contributed by atoms with Crippen molar-refractivity contribution in [3.63, 3.8) is 0 Å². The zero-order chi connectivity index (χ0) is 14.3. The van der Waals surface area contributed by atoms with Crippen LogP contribution in [-0.4, -0.2) is 13.0 Å². The summed E-state index contributed by atoms with van der Waals surface area (Å²) in [7, 11) is -4.07. The zero-order valence-corrected chi connectivity index (χ0v) is 12.6. The molecule has 3 nitrogen and oxygen atoms in total. The van der Waals surface area contributed by atoms with Crippen molar-refractivity contribution in [1.82, 2.24) is 0 Å². The lowest BCUT2D eigenvalue weighted by Gasteiger charge is -2.14. The molecular formula is C15H24O3S. The predicted octanol–water partition coefficient (Wildman–Crippen LogP) is 4.08. The van der Waals surface area contributed by atoms with E-state index in [9.17, 15) is 8.42 Å². The van der Waals surface area contributed by atoms with Crippen molar-refractivity contribution in [3.8, 4) is 0 Å². The van der Waals surface area contributed by atoms with E-state index in [1.54, 1.807) is 12.1 Å². The van der Waals surface area contributed by atoms with Crippen LogP contribution in [0, 0.1) is 5.92 Å². The van der Waals surface area contributed by atoms with Crippen LogP contribution in [0.2, 0.25) is 0 Å². The molecule has 0 saturated carbocycles. The normalized spacial score (nSPS) is 13.4. The molecule has 1 unspecified atom stereocenters. The first kappa shape index (κ1) is 16.2. The van der Waals surface area contributed by atoms with Crippen molar-refractivity contribution in [2.24, 2.45) is 5.92 Å². The summed E-state index contributed by atoms with van der Waals surface area (Å²) in [5.41, 5.74) is 1.13. The van der Waals surface area contributed by atoms with Crippen LogP contribution in [-0.2, 0) is 16.5 Å². The Balaban J connectivity index is 2.60. The number of benzene rings is 1. The maximum Gasteiger partial charge on any atom is 0.294 e. The second kappa shape index (κ2) is 7.65. The van der Waals surface area contributed by atoms with Crippen LogP contribution in [0.25, 0.3) is 0 Å². The minimum atomic E-state index is -4.07. The van der Waals surface area contributed by atoms with Gasteiger partial charge in [0.15, 0.2) is 0 Å². The Labute approximate surface area is 116 Å². The summed E-state index contributed by atoms with van der Waals surface area (Å²) >= 11 is 0. The number of hydrogen-bond donors (Lipinski definition) is 1. The maximum absolute atomic E-state index is 11.0. The molecular weight excluding hydrogens is 260 g/mol. The number of hydrogen-bond acceptors (Lipinski definition) is 2. The van der Waals surface area contributed by atoms with Gasteiger partial charge in [0.1, 0.15) is 0 Å². The van der Waals surface area contributed by atoms with Crippen LogP contribution < -0.4 is 0 Å². The lowest BCUT2D eigenvalue weighted by Crippen LogP contribution is -2.04. The summed E-state index contributed by atoms with van der Waals surface area (Å²) in [5.74, 6) is 0.656. The van der Waals surface area contributed by atoms with Gasteiger partial charge in [0.25, 0.3) is 10.1 Å². The van der Waals surface area contributed by atoms with Gasteiger partial charge in [-0.25, -0.2) is 0 Å². The molecule has 1 N–H and O–H groups in total. The average Bonchev–Trinajstić information content (AvgIpc) is 2.37. The van der Waals surface area contributed by atoms with Crippen molar-refractivity contribution < 1.29 is 13.0 Å². The summed E-state index contributed by atoms with van der Waals surface area (Å²) in [6, 6.07) is 6.55. The van der Waals surface area contributed by atoms with Gasteiger partial charge in [-0.05, 0) is 30.0 Å². The highest BCUT2D eigenvalue weighted by molar-refractivity contribution is 7.85. The standard InChI is InChI=1S/C15H24O3S/c1-3-5-6-7-13(4-2)12-14-8-10-15(11-9-14)19(16,17)18/h8-11,13H,3-7,12H2,1-2H3,(H,16,17,18). The summed E-state index contributed by atoms with van der Waals surface area (Å²) in [6.07, 6.45) is 7.12. The summed E-state index contributed by atoms with van der Waals surface area (Å²) in [6.45, 7) is 4.40. The molecule has 0 aliphatic rings. The Morgan fingerprint density at radius 1 is 1.11 bits per heavy atom. The second-order valence-corrected chi connectivity index (χ2v) is 6.51. The van der Waals surface area contributed by atoms with Crippen LogP contribution in [0.3, 0.4) is 0 Å². The predicted molar refractivity (Wildman–Crippen MR) is 77.9 cm³/mol. The molecule has 0 saturated heterocycles. The molecule has 19 heavy (non-hydrogen) atoms. The summed E-state index contributed by atoms with van der Waals surface area (Å²) < 4.78 is 30.8. The molecule has 1 aromatic carbocycles. The quantitative estimate of drug-likeness (QED) is 0.578. The maximum atomic E-state index is 11.0. The monoisotopic (exact) mass is 284 g/mol. The third kappa shape index (κ3) is 5.74. The molecule has 0 fully saturated rings. The van der Waals surface area contributed by atoms with Crippen molar-refractivity contribution in [1.29, 1.82) is 0 Å². The van der Waals surface area contributed by atoms with E-state index in [0.717, 1.165) is 18.4 Å². The highest BCUT2D eigenvalue weighted by atomic mass is 32.2. The van der Waals surface area contributed by atoms with Gasteiger partial charge in [0, 0.05) is 0 Å². The Morgan fingerprint density at radius 2 is 1.74 bits per heavy atom. The molecule has 1 aromatic rings. The highest BCUT2D eigenvalue weighted by Gasteiger charge is 2.11. The Bertz CT molecular complexity index is 463. The second-order valence-electron chi connectivity index (χ2n) is 5.09. The van der Waals surface area contributed by atoms with E-state index < -0.39 is 10.1 Å². The van der Waals surface area contributed by atoms with E-state index in [2.05, 4.69) is 13.8 Å². The van der Waals surface area contributed by atoms with Gasteiger partial charge in [0.05, 0.1) is 4.90 Å². The fraction of sp³-hybridized carbons (Fsp3) is 0.600. The van der Waals surface area contributed by atoms with E-state index in [1.165, 1.54) is 37.8 Å². The largest absolute Gasteiger partial charge is 0.294 e. The third-order valence-electron chi connectivity index (χ3n) is 3.54. The first-order valence-corrected chi connectivity index (χ1v) is 8.47. The van der Waals surface area contributed by atoms with Crippen molar-refractivity contribution >= 4 is 10.1 Å². The first-order valence-electron chi connectivity index (χ1n) is 7.03. The van der Waals surface area contributed by atoms with Gasteiger partial charge in [0.2, 0.25) is 0 Å². The Hall–Kier alpha value is -0.870. The molecule has 1 rings (SSSR count). The molecule has 0 bridgehead atoms. The van der Waals surface area contributed by atoms with Crippen LogP contribution in [0.5, 0.6) is 0 Å². The van der Waals surface area contributed by atoms with Gasteiger partial charge >= 0.3 is 0 Å². The van der Waals surface area contributed by atoms with Gasteiger partial charge in [-0.3, -0.25) is 4.55 Å². The minimum absolute atomic E-state index is 0.0321. The van der Waals surface area contributed by atoms with Crippen LogP contribution in [0.4, 0.5) is 0 Å². The third-order valence-corrected chi connectivity index (χ3v) is 4.41. The van der Waals surface area contributed by atoms with Gasteiger partial charge in [-0.2, -0.15) is 8.42 Å². The molecule has 0 radical (unpaired) electrons. The van der Waals surface area contributed by atoms with Gasteiger partial charge in [-0.15, -0.1) is 0 Å². The van der Waals surface area contributed by atoms with E-state index in [0.29, 0.717) is 5.92 Å². The Kier molecular flexibility index (Phi) is 6.52. The van der Waals surface area contributed by atoms with Crippen molar-refractivity contribution in [2.75, 3.05) is 0 Å². The fourth-order valence-electron chi connectivity index (χ4n) is 2.26. The fourth-order valence-corrected chi connectivity index (χ4v) is 2.74. The summed E-state index contributed by atoms with van der Waals surface area (Å²) in [5, 5.41) is 0. The molecule has 0 spiro atoms. The molecule has 0 amide bonds. The first-order chi connectivity index (χ1) is 8.97. The van der Waals surface area contributed by atoms with Crippen LogP contribution in [0.15, 0.2) is 29.2 Å². The smallest absolute Gasteiger partial charge is 0.282 e. The van der Waals surface area contributed by atoms with E-state index >= 15 is 0 Å². The van der Waals surface area contributed by atoms with Gasteiger partial charge in [-0.1, -0.05) is 58.1 Å². The minimum Gasteiger partial charge on any atom is -0.282 e. The Morgan fingerprint density at radius 3 is 2.21 bits per heavy atom. The number of unbranched alkanes of at least 4 members (excludes halogenated alkanes) is 2. The molecule has 108 valence electrons. The molecule has 4 heteroatoms. The SMILES string of the molecule is CCCCCC(CC)Cc1ccc(S(=O)(=O)O)cc1. The van der Waals surface area contributed by atoms with Crippen LogP contribution >= 0.6 is 0 Å². The lowest BCUT2D eigenvalue weighted by atomic mass is 9.92. The van der Waals surface area contributed by atoms with Crippen molar-refractivity contribution in [3.05, 3.63) is 29.8 Å². The zero-order valence-electron chi connectivity index (χ0n) is 11.8.